The fourth-order valence-electron chi connectivity index (χ4n) is 3.15. The molecule has 2 fully saturated rings. The first-order valence-corrected chi connectivity index (χ1v) is 6.83. The monoisotopic (exact) mass is 280 g/mol. The first-order valence-electron chi connectivity index (χ1n) is 6.83. The molecule has 0 unspecified atom stereocenters. The Balaban J connectivity index is 2.16. The number of cyclic esters (lactones) is 2. The van der Waals surface area contributed by atoms with Crippen molar-refractivity contribution >= 4 is 12.2 Å². The molecule has 3 heterocycles. The van der Waals surface area contributed by atoms with Crippen LogP contribution in [0.5, 0.6) is 0 Å². The lowest BCUT2D eigenvalue weighted by molar-refractivity contribution is 0.0467. The third-order valence-electron chi connectivity index (χ3n) is 4.78. The molecule has 0 aromatic heterocycles. The Morgan fingerprint density at radius 2 is 1.65 bits per heavy atom. The molecule has 0 aromatic carbocycles. The summed E-state index contributed by atoms with van der Waals surface area (Å²) >= 11 is 0. The van der Waals surface area contributed by atoms with Crippen molar-refractivity contribution in [3.8, 4) is 0 Å². The van der Waals surface area contributed by atoms with E-state index in [0.29, 0.717) is 13.1 Å². The van der Waals surface area contributed by atoms with Gasteiger partial charge in [0.15, 0.2) is 0 Å². The van der Waals surface area contributed by atoms with Crippen LogP contribution in [0.25, 0.3) is 0 Å². The molecule has 6 nitrogen and oxygen atoms in total. The van der Waals surface area contributed by atoms with Crippen molar-refractivity contribution < 1.29 is 19.1 Å². The van der Waals surface area contributed by atoms with Gasteiger partial charge in [0.05, 0.1) is 5.70 Å². The van der Waals surface area contributed by atoms with Gasteiger partial charge in [-0.3, -0.25) is 9.80 Å². The van der Waals surface area contributed by atoms with Gasteiger partial charge in [0.1, 0.15) is 16.7 Å². The molecule has 3 aliphatic rings. The number of fused-ring (bicyclic) bond motifs is 2. The summed E-state index contributed by atoms with van der Waals surface area (Å²) in [4.78, 5) is 27.4. The maximum atomic E-state index is 12.1. The highest BCUT2D eigenvalue weighted by atomic mass is 16.6. The first-order chi connectivity index (χ1) is 9.08. The predicted octanol–water partition coefficient (Wildman–Crippen LogP) is 2.10. The van der Waals surface area contributed by atoms with Crippen LogP contribution in [-0.4, -0.2) is 51.8 Å². The molecule has 110 valence electrons. The molecular formula is C14H20N2O4. The number of amides is 2. The Hall–Kier alpha value is -1.72. The van der Waals surface area contributed by atoms with Crippen LogP contribution in [0.15, 0.2) is 11.8 Å². The third-order valence-corrected chi connectivity index (χ3v) is 4.78. The van der Waals surface area contributed by atoms with E-state index >= 15 is 0 Å². The van der Waals surface area contributed by atoms with Crippen LogP contribution < -0.4 is 0 Å². The van der Waals surface area contributed by atoms with Gasteiger partial charge < -0.3 is 9.47 Å². The van der Waals surface area contributed by atoms with Crippen molar-refractivity contribution in [1.82, 2.24) is 9.80 Å². The Labute approximate surface area is 118 Å². The quantitative estimate of drug-likeness (QED) is 0.682. The van der Waals surface area contributed by atoms with Crippen LogP contribution in [0.4, 0.5) is 9.59 Å². The highest BCUT2D eigenvalue weighted by molar-refractivity contribution is 5.77. The highest BCUT2D eigenvalue weighted by Crippen LogP contribution is 2.45. The van der Waals surface area contributed by atoms with Gasteiger partial charge in [0, 0.05) is 13.1 Å². The minimum absolute atomic E-state index is 0.332. The van der Waals surface area contributed by atoms with Gasteiger partial charge in [-0.05, 0) is 40.7 Å². The molecule has 2 amide bonds. The fourth-order valence-corrected chi connectivity index (χ4v) is 3.15. The zero-order valence-corrected chi connectivity index (χ0v) is 12.5. The molecule has 0 bridgehead atoms. The van der Waals surface area contributed by atoms with Crippen molar-refractivity contribution in [2.75, 3.05) is 13.1 Å². The van der Waals surface area contributed by atoms with E-state index in [1.54, 1.807) is 9.80 Å². The summed E-state index contributed by atoms with van der Waals surface area (Å²) < 4.78 is 10.9. The van der Waals surface area contributed by atoms with E-state index < -0.39 is 16.7 Å². The van der Waals surface area contributed by atoms with E-state index in [1.807, 2.05) is 40.7 Å². The highest BCUT2D eigenvalue weighted by Gasteiger charge is 2.59. The smallest absolute Gasteiger partial charge is 0.415 e. The third kappa shape index (κ3) is 1.45. The SMILES string of the molecule is CC1(C)OC(=O)N2CCN3C(=O)OC(C)(C)[C@@]3(C)C=C21. The second-order valence-electron chi connectivity index (χ2n) is 6.74. The predicted molar refractivity (Wildman–Crippen MR) is 71.0 cm³/mol. The Kier molecular flexibility index (Phi) is 2.31. The molecule has 3 rings (SSSR count). The van der Waals surface area contributed by atoms with Crippen molar-refractivity contribution in [2.45, 2.75) is 51.4 Å². The molecule has 2 saturated heterocycles. The molecule has 3 aliphatic heterocycles. The first kappa shape index (κ1) is 13.3. The van der Waals surface area contributed by atoms with Gasteiger partial charge >= 0.3 is 12.2 Å². The molecule has 0 N–H and O–H groups in total. The molecular weight excluding hydrogens is 260 g/mol. The zero-order chi connectivity index (χ0) is 14.9. The Morgan fingerprint density at radius 1 is 1.00 bits per heavy atom. The van der Waals surface area contributed by atoms with E-state index in [-0.39, 0.29) is 12.2 Å². The summed E-state index contributed by atoms with van der Waals surface area (Å²) in [7, 11) is 0. The van der Waals surface area contributed by atoms with Crippen LogP contribution in [0.3, 0.4) is 0 Å². The van der Waals surface area contributed by atoms with E-state index in [2.05, 4.69) is 0 Å². The lowest BCUT2D eigenvalue weighted by Gasteiger charge is -2.37. The molecule has 6 heteroatoms. The molecule has 0 radical (unpaired) electrons. The molecule has 0 aliphatic carbocycles. The standard InChI is InChI=1S/C14H20N2O4/c1-12(2)9-8-14(5)13(3,4)20-11(18)16(14)7-6-15(9)10(17)19-12/h8H,6-7H2,1-5H3/t14-/m1/s1. The topological polar surface area (TPSA) is 59.1 Å². The van der Waals surface area contributed by atoms with Crippen LogP contribution in [0.1, 0.15) is 34.6 Å². The Morgan fingerprint density at radius 3 is 2.30 bits per heavy atom. The Bertz CT molecular complexity index is 537. The molecule has 20 heavy (non-hydrogen) atoms. The number of hydrogen-bond acceptors (Lipinski definition) is 4. The summed E-state index contributed by atoms with van der Waals surface area (Å²) in [6.45, 7) is 10.3. The summed E-state index contributed by atoms with van der Waals surface area (Å²) in [5.41, 5.74) is -1.13. The van der Waals surface area contributed by atoms with Gasteiger partial charge in [-0.25, -0.2) is 9.59 Å². The van der Waals surface area contributed by atoms with Crippen LogP contribution in [-0.2, 0) is 9.47 Å². The van der Waals surface area contributed by atoms with E-state index in [1.165, 1.54) is 0 Å². The number of ether oxygens (including phenoxy) is 2. The van der Waals surface area contributed by atoms with Gasteiger partial charge in [-0.2, -0.15) is 0 Å². The normalized spacial score (nSPS) is 34.0. The molecule has 0 saturated carbocycles. The minimum atomic E-state index is -0.683. The van der Waals surface area contributed by atoms with E-state index in [0.717, 1.165) is 5.70 Å². The van der Waals surface area contributed by atoms with Gasteiger partial charge in [-0.1, -0.05) is 0 Å². The van der Waals surface area contributed by atoms with Crippen molar-refractivity contribution in [2.24, 2.45) is 0 Å². The van der Waals surface area contributed by atoms with E-state index in [4.69, 9.17) is 9.47 Å². The average molecular weight is 280 g/mol. The van der Waals surface area contributed by atoms with Crippen LogP contribution in [0, 0.1) is 0 Å². The summed E-state index contributed by atoms with van der Waals surface area (Å²) in [5, 5.41) is 0. The number of hydrogen-bond donors (Lipinski definition) is 0. The summed E-state index contributed by atoms with van der Waals surface area (Å²) in [6.07, 6.45) is 1.27. The van der Waals surface area contributed by atoms with Crippen molar-refractivity contribution in [1.29, 1.82) is 0 Å². The van der Waals surface area contributed by atoms with Gasteiger partial charge in [-0.15, -0.1) is 0 Å². The lowest BCUT2D eigenvalue weighted by atomic mass is 9.81. The maximum absolute atomic E-state index is 12.1. The van der Waals surface area contributed by atoms with Crippen molar-refractivity contribution in [3.05, 3.63) is 11.8 Å². The fraction of sp³-hybridized carbons (Fsp3) is 0.714. The van der Waals surface area contributed by atoms with E-state index in [9.17, 15) is 9.59 Å². The molecule has 1 atom stereocenters. The zero-order valence-electron chi connectivity index (χ0n) is 12.5. The number of nitrogens with zero attached hydrogens (tertiary/aromatic N) is 2. The second-order valence-corrected chi connectivity index (χ2v) is 6.74. The van der Waals surface area contributed by atoms with Crippen LogP contribution in [0.2, 0.25) is 0 Å². The second kappa shape index (κ2) is 3.48. The van der Waals surface area contributed by atoms with Gasteiger partial charge in [0.2, 0.25) is 0 Å². The minimum Gasteiger partial charge on any atom is -0.441 e. The lowest BCUT2D eigenvalue weighted by Crippen LogP contribution is -2.52. The van der Waals surface area contributed by atoms with Gasteiger partial charge in [0.25, 0.3) is 0 Å². The van der Waals surface area contributed by atoms with Crippen LogP contribution >= 0.6 is 0 Å². The van der Waals surface area contributed by atoms with Crippen molar-refractivity contribution in [3.63, 3.8) is 0 Å². The summed E-state index contributed by atoms with van der Waals surface area (Å²) in [6, 6.07) is 0. The maximum Gasteiger partial charge on any atom is 0.415 e. The average Bonchev–Trinajstić information content (AvgIpc) is 2.52. The number of rotatable bonds is 0. The largest absolute Gasteiger partial charge is 0.441 e. The molecule has 0 aromatic rings. The summed E-state index contributed by atoms with van der Waals surface area (Å²) in [5.74, 6) is 0. The number of carbonyl (C=O) groups excluding carboxylic acids is 2. The molecule has 0 spiro atoms. The number of carbonyl (C=O) groups is 2.